The lowest BCUT2D eigenvalue weighted by atomic mass is 9.69. The average molecular weight is 778 g/mol. The fourth-order valence-corrected chi connectivity index (χ4v) is 8.24. The van der Waals surface area contributed by atoms with Crippen molar-refractivity contribution in [3.63, 3.8) is 0 Å². The molecule has 0 radical (unpaired) electrons. The summed E-state index contributed by atoms with van der Waals surface area (Å²) >= 11 is 0. The summed E-state index contributed by atoms with van der Waals surface area (Å²) in [6.45, 7) is 15.2. The molecule has 3 aliphatic rings. The number of Topliss-reactive ketones (excluding diaryl/α,β-unsaturated/α-hetero) is 1. The van der Waals surface area contributed by atoms with E-state index in [9.17, 15) is 28.8 Å². The van der Waals surface area contributed by atoms with E-state index in [0.717, 1.165) is 27.7 Å². The van der Waals surface area contributed by atoms with Gasteiger partial charge in [0.1, 0.15) is 12.2 Å². The van der Waals surface area contributed by atoms with Gasteiger partial charge in [-0.05, 0) is 30.2 Å². The van der Waals surface area contributed by atoms with Gasteiger partial charge in [0.2, 0.25) is 0 Å². The average Bonchev–Trinajstić information content (AvgIpc) is 3.91. The molecule has 1 aromatic carbocycles. The van der Waals surface area contributed by atoms with Crippen LogP contribution in [0.2, 0.25) is 0 Å². The van der Waals surface area contributed by atoms with Gasteiger partial charge in [-0.1, -0.05) is 52.5 Å². The van der Waals surface area contributed by atoms with Crippen molar-refractivity contribution < 1.29 is 66.7 Å². The molecule has 5 rings (SSSR count). The Balaban J connectivity index is 1.82. The number of hydrogen-bond donors (Lipinski definition) is 0. The Morgan fingerprint density at radius 2 is 1.34 bits per heavy atom. The molecular weight excluding hydrogens is 730 g/mol. The molecule has 15 nitrogen and oxygen atoms in total. The Hall–Kier alpha value is -5.44. The number of nitrogens with zero attached hydrogens (tertiary/aromatic N) is 1. The van der Waals surface area contributed by atoms with Gasteiger partial charge >= 0.3 is 35.8 Å². The standard InChI is InChI=1S/C41H47NO14/c1-20-18-41(56-26(7)46)29(30(20)50-23(4)43)31(51-24(5)44)21(2)32(52-25(6)45)34(54-38(48)27-14-11-10-12-15-27)37(55-39(49)28-16-13-17-42-19-28)40(8,9)36-33(53-36)22(3)35(41)47/h10-17,19-20,22,29-34,36-37H,2,18H2,1,3-9H3/t20-,22?,29+,30-,31?,32?,33?,34?,36?,37?,41+/m0/s1. The van der Waals surface area contributed by atoms with Gasteiger partial charge in [-0.2, -0.15) is 0 Å². The predicted octanol–water partition coefficient (Wildman–Crippen LogP) is 4.15. The Labute approximate surface area is 324 Å². The summed E-state index contributed by atoms with van der Waals surface area (Å²) in [5.74, 6) is -8.98. The van der Waals surface area contributed by atoms with E-state index in [-0.39, 0.29) is 23.1 Å². The molecule has 1 aromatic heterocycles. The zero-order valence-corrected chi connectivity index (χ0v) is 32.5. The molecule has 2 heterocycles. The van der Waals surface area contributed by atoms with Crippen molar-refractivity contribution in [2.75, 3.05) is 0 Å². The maximum atomic E-state index is 15.0. The van der Waals surface area contributed by atoms with Crippen LogP contribution in [0.5, 0.6) is 0 Å². The Morgan fingerprint density at radius 3 is 1.91 bits per heavy atom. The normalized spacial score (nSPS) is 32.1. The molecule has 2 aliphatic carbocycles. The maximum Gasteiger partial charge on any atom is 0.340 e. The molecule has 0 amide bonds. The summed E-state index contributed by atoms with van der Waals surface area (Å²) in [5.41, 5.74) is -3.58. The maximum absolute atomic E-state index is 15.0. The minimum absolute atomic E-state index is 0.0374. The van der Waals surface area contributed by atoms with E-state index < -0.39 is 113 Å². The van der Waals surface area contributed by atoms with Crippen LogP contribution in [-0.4, -0.2) is 94.9 Å². The number of esters is 6. The first-order valence-electron chi connectivity index (χ1n) is 18.3. The van der Waals surface area contributed by atoms with E-state index in [1.54, 1.807) is 45.9 Å². The molecule has 2 aromatic rings. The number of pyridine rings is 1. The first-order valence-corrected chi connectivity index (χ1v) is 18.3. The van der Waals surface area contributed by atoms with Crippen LogP contribution in [0, 0.1) is 23.2 Å². The molecule has 7 unspecified atom stereocenters. The van der Waals surface area contributed by atoms with Gasteiger partial charge in [-0.3, -0.25) is 29.0 Å². The minimum Gasteiger partial charge on any atom is -0.462 e. The summed E-state index contributed by atoms with van der Waals surface area (Å²) in [4.78, 5) is 98.8. The second-order valence-electron chi connectivity index (χ2n) is 15.2. The molecular formula is C41H47NO14. The van der Waals surface area contributed by atoms with E-state index in [2.05, 4.69) is 11.6 Å². The number of carbonyl (C=O) groups excluding carboxylic acids is 7. The van der Waals surface area contributed by atoms with Gasteiger partial charge in [0, 0.05) is 63.4 Å². The van der Waals surface area contributed by atoms with Crippen LogP contribution in [0.1, 0.15) is 82.5 Å². The molecule has 56 heavy (non-hydrogen) atoms. The minimum atomic E-state index is -2.10. The monoisotopic (exact) mass is 777 g/mol. The molecule has 300 valence electrons. The van der Waals surface area contributed by atoms with Crippen molar-refractivity contribution in [1.29, 1.82) is 0 Å². The second kappa shape index (κ2) is 16.3. The fraction of sp³-hybridized carbons (Fsp3) is 0.512. The molecule has 0 N–H and O–H groups in total. The number of benzene rings is 1. The zero-order chi connectivity index (χ0) is 41.3. The molecule has 3 fully saturated rings. The second-order valence-corrected chi connectivity index (χ2v) is 15.2. The topological polar surface area (TPSA) is 200 Å². The van der Waals surface area contributed by atoms with Gasteiger partial charge < -0.3 is 33.2 Å². The number of epoxide rings is 1. The van der Waals surface area contributed by atoms with Crippen molar-refractivity contribution in [2.24, 2.45) is 23.2 Å². The number of ether oxygens (including phenoxy) is 7. The van der Waals surface area contributed by atoms with Crippen molar-refractivity contribution in [3.05, 3.63) is 78.1 Å². The van der Waals surface area contributed by atoms with Gasteiger partial charge in [0.05, 0.1) is 29.3 Å². The third kappa shape index (κ3) is 8.37. The Bertz CT molecular complexity index is 1880. The zero-order valence-electron chi connectivity index (χ0n) is 32.5. The lowest BCUT2D eigenvalue weighted by molar-refractivity contribution is -0.188. The highest BCUT2D eigenvalue weighted by Gasteiger charge is 2.69. The lowest BCUT2D eigenvalue weighted by Crippen LogP contribution is -2.60. The molecule has 15 heteroatoms. The van der Waals surface area contributed by atoms with E-state index in [4.69, 9.17) is 33.2 Å². The van der Waals surface area contributed by atoms with Crippen molar-refractivity contribution in [3.8, 4) is 0 Å². The van der Waals surface area contributed by atoms with E-state index in [0.29, 0.717) is 0 Å². The predicted molar refractivity (Wildman–Crippen MR) is 193 cm³/mol. The molecule has 1 saturated heterocycles. The van der Waals surface area contributed by atoms with Crippen LogP contribution in [0.15, 0.2) is 67.0 Å². The number of hydrogen-bond acceptors (Lipinski definition) is 15. The number of carbonyl (C=O) groups is 7. The van der Waals surface area contributed by atoms with Crippen LogP contribution in [-0.2, 0) is 57.1 Å². The number of aromatic nitrogens is 1. The molecule has 0 spiro atoms. The smallest absolute Gasteiger partial charge is 0.340 e. The number of fused-ring (bicyclic) bond motifs is 2. The highest BCUT2D eigenvalue weighted by molar-refractivity contribution is 5.93. The van der Waals surface area contributed by atoms with Crippen LogP contribution in [0.4, 0.5) is 0 Å². The third-order valence-corrected chi connectivity index (χ3v) is 10.6. The highest BCUT2D eigenvalue weighted by Crippen LogP contribution is 2.54. The summed E-state index contributed by atoms with van der Waals surface area (Å²) in [6, 6.07) is 10.9. The van der Waals surface area contributed by atoms with E-state index >= 15 is 4.79 Å². The summed E-state index contributed by atoms with van der Waals surface area (Å²) in [6.07, 6.45) is -7.17. The van der Waals surface area contributed by atoms with Crippen LogP contribution in [0.25, 0.3) is 0 Å². The Morgan fingerprint density at radius 1 is 0.750 bits per heavy atom. The molecule has 0 bridgehead atoms. The largest absolute Gasteiger partial charge is 0.462 e. The molecule has 11 atom stereocenters. The summed E-state index contributed by atoms with van der Waals surface area (Å²) in [7, 11) is 0. The van der Waals surface area contributed by atoms with Gasteiger partial charge in [0.15, 0.2) is 29.7 Å². The number of ketones is 1. The molecule has 1 aliphatic heterocycles. The van der Waals surface area contributed by atoms with Crippen LogP contribution < -0.4 is 0 Å². The molecule has 2 saturated carbocycles. The third-order valence-electron chi connectivity index (χ3n) is 10.6. The van der Waals surface area contributed by atoms with Gasteiger partial charge in [-0.25, -0.2) is 9.59 Å². The van der Waals surface area contributed by atoms with Crippen LogP contribution in [0.3, 0.4) is 0 Å². The summed E-state index contributed by atoms with van der Waals surface area (Å²) in [5, 5.41) is 0. The first-order chi connectivity index (χ1) is 26.3. The first kappa shape index (κ1) is 41.7. The van der Waals surface area contributed by atoms with Crippen LogP contribution >= 0.6 is 0 Å². The van der Waals surface area contributed by atoms with Gasteiger partial charge in [0.25, 0.3) is 0 Å². The van der Waals surface area contributed by atoms with Crippen molar-refractivity contribution in [1.82, 2.24) is 4.98 Å². The van der Waals surface area contributed by atoms with Crippen molar-refractivity contribution >= 4 is 41.6 Å². The SMILES string of the molecule is C=C1C(OC(C)=O)C(OC(=O)c2ccccc2)C(OC(=O)c2cccnc2)C(C)(C)C2OC2C(C)C(=O)[C@@]2(OC(C)=O)C[C@H](C)[C@H](OC(C)=O)[C@@H]2C1OC(C)=O. The fourth-order valence-electron chi connectivity index (χ4n) is 8.24. The van der Waals surface area contributed by atoms with Gasteiger partial charge in [-0.15, -0.1) is 0 Å². The highest BCUT2D eigenvalue weighted by atomic mass is 16.6. The van der Waals surface area contributed by atoms with E-state index in [1.165, 1.54) is 36.7 Å². The summed E-state index contributed by atoms with van der Waals surface area (Å²) < 4.78 is 42.4. The van der Waals surface area contributed by atoms with E-state index in [1.807, 2.05) is 0 Å². The quantitative estimate of drug-likeness (QED) is 0.160. The Kier molecular flexibility index (Phi) is 12.2. The number of rotatable bonds is 8. The lowest BCUT2D eigenvalue weighted by Gasteiger charge is -2.45. The van der Waals surface area contributed by atoms with Crippen molar-refractivity contribution in [2.45, 2.75) is 110 Å².